The van der Waals surface area contributed by atoms with E-state index in [9.17, 15) is 0 Å². The third-order valence-electron chi connectivity index (χ3n) is 4.59. The fraction of sp³-hybridized carbons (Fsp3) is 1.00. The molecule has 0 aromatic heterocycles. The van der Waals surface area contributed by atoms with Crippen LogP contribution in [0, 0.1) is 11.3 Å². The normalized spacial score (nSPS) is 42.0. The average molecular weight is 211 g/mol. The summed E-state index contributed by atoms with van der Waals surface area (Å²) in [5, 5.41) is 3.55. The third kappa shape index (κ3) is 2.21. The zero-order valence-electron chi connectivity index (χ0n) is 10.2. The van der Waals surface area contributed by atoms with Gasteiger partial charge >= 0.3 is 0 Å². The van der Waals surface area contributed by atoms with Gasteiger partial charge in [0.2, 0.25) is 0 Å². The maximum Gasteiger partial charge on any atom is 0.0578 e. The van der Waals surface area contributed by atoms with Gasteiger partial charge in [-0.25, -0.2) is 0 Å². The lowest BCUT2D eigenvalue weighted by molar-refractivity contribution is -0.0841. The van der Waals surface area contributed by atoms with Crippen LogP contribution in [0.5, 0.6) is 0 Å². The molecule has 2 fully saturated rings. The maximum absolute atomic E-state index is 5.83. The van der Waals surface area contributed by atoms with Crippen LogP contribution < -0.4 is 5.32 Å². The molecule has 2 aliphatic rings. The number of ether oxygens (including phenoxy) is 1. The molecule has 2 nitrogen and oxygen atoms in total. The molecule has 0 radical (unpaired) electrons. The van der Waals surface area contributed by atoms with Crippen LogP contribution >= 0.6 is 0 Å². The van der Waals surface area contributed by atoms with E-state index in [0.29, 0.717) is 11.5 Å². The minimum absolute atomic E-state index is 0.533. The molecule has 15 heavy (non-hydrogen) atoms. The lowest BCUT2D eigenvalue weighted by atomic mass is 9.63. The highest BCUT2D eigenvalue weighted by molar-refractivity contribution is 4.94. The molecule has 2 heterocycles. The van der Waals surface area contributed by atoms with Crippen molar-refractivity contribution in [3.05, 3.63) is 0 Å². The van der Waals surface area contributed by atoms with Crippen molar-refractivity contribution in [3.8, 4) is 0 Å². The Morgan fingerprint density at radius 3 is 2.87 bits per heavy atom. The fourth-order valence-electron chi connectivity index (χ4n) is 3.51. The monoisotopic (exact) mass is 211 g/mol. The van der Waals surface area contributed by atoms with E-state index in [1.54, 1.807) is 0 Å². The van der Waals surface area contributed by atoms with Crippen molar-refractivity contribution in [2.45, 2.75) is 52.1 Å². The lowest BCUT2D eigenvalue weighted by Crippen LogP contribution is -2.49. The number of piperidine rings is 1. The Balaban J connectivity index is 2.07. The second-order valence-corrected chi connectivity index (χ2v) is 5.28. The van der Waals surface area contributed by atoms with E-state index in [0.717, 1.165) is 12.5 Å². The first-order chi connectivity index (χ1) is 7.30. The van der Waals surface area contributed by atoms with Gasteiger partial charge in [-0.1, -0.05) is 20.3 Å². The van der Waals surface area contributed by atoms with E-state index < -0.39 is 0 Å². The molecule has 0 bridgehead atoms. The van der Waals surface area contributed by atoms with Crippen molar-refractivity contribution >= 4 is 0 Å². The molecular weight excluding hydrogens is 186 g/mol. The first-order valence-corrected chi connectivity index (χ1v) is 6.63. The van der Waals surface area contributed by atoms with Crippen LogP contribution in [-0.4, -0.2) is 25.8 Å². The molecule has 0 aromatic rings. The summed E-state index contributed by atoms with van der Waals surface area (Å²) in [5.41, 5.74) is 0.610. The number of hydrogen-bond acceptors (Lipinski definition) is 2. The fourth-order valence-corrected chi connectivity index (χ4v) is 3.51. The van der Waals surface area contributed by atoms with Crippen LogP contribution in [0.4, 0.5) is 0 Å². The lowest BCUT2D eigenvalue weighted by Gasteiger charge is -2.49. The summed E-state index contributed by atoms with van der Waals surface area (Å²) < 4.78 is 5.83. The Morgan fingerprint density at radius 2 is 2.13 bits per heavy atom. The van der Waals surface area contributed by atoms with E-state index in [1.807, 2.05) is 0 Å². The van der Waals surface area contributed by atoms with Crippen molar-refractivity contribution < 1.29 is 4.74 Å². The SMILES string of the molecule is CCC1CC2(CCNCC2CC)CCO1. The minimum atomic E-state index is 0.533. The van der Waals surface area contributed by atoms with Gasteiger partial charge in [-0.3, -0.25) is 0 Å². The molecule has 3 atom stereocenters. The summed E-state index contributed by atoms with van der Waals surface area (Å²) in [5.74, 6) is 0.879. The Bertz CT molecular complexity index is 203. The number of hydrogen-bond donors (Lipinski definition) is 1. The summed E-state index contributed by atoms with van der Waals surface area (Å²) in [6.07, 6.45) is 7.01. The highest BCUT2D eigenvalue weighted by atomic mass is 16.5. The molecule has 1 N–H and O–H groups in total. The Kier molecular flexibility index (Phi) is 3.68. The zero-order valence-corrected chi connectivity index (χ0v) is 10.2. The molecule has 2 heteroatoms. The summed E-state index contributed by atoms with van der Waals surface area (Å²) in [4.78, 5) is 0. The van der Waals surface area contributed by atoms with Crippen LogP contribution in [0.1, 0.15) is 46.0 Å². The Labute approximate surface area is 93.8 Å². The van der Waals surface area contributed by atoms with E-state index in [4.69, 9.17) is 4.74 Å². The molecular formula is C13H25NO. The highest BCUT2D eigenvalue weighted by Crippen LogP contribution is 2.46. The van der Waals surface area contributed by atoms with Crippen molar-refractivity contribution in [1.82, 2.24) is 5.32 Å². The first-order valence-electron chi connectivity index (χ1n) is 6.63. The van der Waals surface area contributed by atoms with Gasteiger partial charge < -0.3 is 10.1 Å². The van der Waals surface area contributed by atoms with E-state index in [2.05, 4.69) is 19.2 Å². The van der Waals surface area contributed by atoms with Gasteiger partial charge in [0.25, 0.3) is 0 Å². The molecule has 2 rings (SSSR count). The van der Waals surface area contributed by atoms with Crippen LogP contribution in [0.25, 0.3) is 0 Å². The predicted octanol–water partition coefficient (Wildman–Crippen LogP) is 2.58. The van der Waals surface area contributed by atoms with Gasteiger partial charge in [0.05, 0.1) is 6.10 Å². The van der Waals surface area contributed by atoms with Crippen LogP contribution in [-0.2, 0) is 4.74 Å². The van der Waals surface area contributed by atoms with Gasteiger partial charge in [0, 0.05) is 6.61 Å². The molecule has 1 spiro atoms. The van der Waals surface area contributed by atoms with Gasteiger partial charge in [0.1, 0.15) is 0 Å². The standard InChI is InChI=1S/C13H25NO/c1-3-11-10-14-7-5-13(11)6-8-15-12(4-2)9-13/h11-12,14H,3-10H2,1-2H3. The summed E-state index contributed by atoms with van der Waals surface area (Å²) in [6, 6.07) is 0. The Hall–Kier alpha value is -0.0800. The van der Waals surface area contributed by atoms with Crippen molar-refractivity contribution in [2.75, 3.05) is 19.7 Å². The minimum Gasteiger partial charge on any atom is -0.378 e. The number of nitrogens with one attached hydrogen (secondary N) is 1. The molecule has 2 aliphatic heterocycles. The van der Waals surface area contributed by atoms with E-state index in [1.165, 1.54) is 45.2 Å². The quantitative estimate of drug-likeness (QED) is 0.758. The largest absolute Gasteiger partial charge is 0.378 e. The predicted molar refractivity (Wildman–Crippen MR) is 63.0 cm³/mol. The van der Waals surface area contributed by atoms with E-state index >= 15 is 0 Å². The molecule has 88 valence electrons. The molecule has 0 aliphatic carbocycles. The summed E-state index contributed by atoms with van der Waals surface area (Å²) in [6.45, 7) is 8.04. The second kappa shape index (κ2) is 4.84. The zero-order chi connectivity index (χ0) is 10.7. The van der Waals surface area contributed by atoms with Crippen molar-refractivity contribution in [3.63, 3.8) is 0 Å². The molecule has 0 aromatic carbocycles. The highest BCUT2D eigenvalue weighted by Gasteiger charge is 2.43. The van der Waals surface area contributed by atoms with Gasteiger partial charge in [-0.2, -0.15) is 0 Å². The van der Waals surface area contributed by atoms with Gasteiger partial charge in [0.15, 0.2) is 0 Å². The van der Waals surface area contributed by atoms with Gasteiger partial charge in [-0.05, 0) is 50.1 Å². The third-order valence-corrected chi connectivity index (χ3v) is 4.59. The molecule has 0 amide bonds. The van der Waals surface area contributed by atoms with Crippen molar-refractivity contribution in [2.24, 2.45) is 11.3 Å². The van der Waals surface area contributed by atoms with E-state index in [-0.39, 0.29) is 0 Å². The summed E-state index contributed by atoms with van der Waals surface area (Å²) in [7, 11) is 0. The molecule has 0 saturated carbocycles. The van der Waals surface area contributed by atoms with Crippen LogP contribution in [0.3, 0.4) is 0 Å². The topological polar surface area (TPSA) is 21.3 Å². The van der Waals surface area contributed by atoms with Crippen LogP contribution in [0.15, 0.2) is 0 Å². The number of rotatable bonds is 2. The maximum atomic E-state index is 5.83. The Morgan fingerprint density at radius 1 is 1.27 bits per heavy atom. The average Bonchev–Trinajstić information content (AvgIpc) is 2.30. The molecule has 3 unspecified atom stereocenters. The van der Waals surface area contributed by atoms with Crippen molar-refractivity contribution in [1.29, 1.82) is 0 Å². The molecule has 2 saturated heterocycles. The smallest absolute Gasteiger partial charge is 0.0578 e. The first kappa shape index (κ1) is 11.4. The van der Waals surface area contributed by atoms with Gasteiger partial charge in [-0.15, -0.1) is 0 Å². The summed E-state index contributed by atoms with van der Waals surface area (Å²) >= 11 is 0. The van der Waals surface area contributed by atoms with Crippen LogP contribution in [0.2, 0.25) is 0 Å². The second-order valence-electron chi connectivity index (χ2n) is 5.28.